The van der Waals surface area contributed by atoms with E-state index in [1.807, 2.05) is 19.1 Å². The molecule has 0 saturated carbocycles. The summed E-state index contributed by atoms with van der Waals surface area (Å²) in [6.45, 7) is 1.95. The van der Waals surface area contributed by atoms with Crippen LogP contribution in [0.2, 0.25) is 0 Å². The zero-order valence-electron chi connectivity index (χ0n) is 8.13. The van der Waals surface area contributed by atoms with Gasteiger partial charge in [-0.15, -0.1) is 0 Å². The molecule has 2 rings (SSSR count). The molecule has 0 unspecified atom stereocenters. The number of hydrogen-bond acceptors (Lipinski definition) is 2. The molecule has 1 aromatic heterocycles. The molecule has 0 aliphatic carbocycles. The van der Waals surface area contributed by atoms with Crippen LogP contribution in [-0.2, 0) is 0 Å². The maximum atomic E-state index is 13.3. The molecule has 1 heterocycles. The van der Waals surface area contributed by atoms with Crippen LogP contribution < -0.4 is 5.32 Å². The summed E-state index contributed by atoms with van der Waals surface area (Å²) in [5, 5.41) is 3.77. The minimum atomic E-state index is -0.279. The molecule has 0 aliphatic heterocycles. The van der Waals surface area contributed by atoms with Gasteiger partial charge in [0.25, 0.3) is 0 Å². The van der Waals surface area contributed by atoms with Crippen molar-refractivity contribution in [1.82, 2.24) is 4.98 Å². The van der Waals surface area contributed by atoms with E-state index < -0.39 is 0 Å². The smallest absolute Gasteiger partial charge is 0.149 e. The Hall–Kier alpha value is -1.64. The van der Waals surface area contributed by atoms with E-state index >= 15 is 0 Å². The van der Waals surface area contributed by atoms with Gasteiger partial charge in [0.05, 0.1) is 0 Å². The quantitative estimate of drug-likeness (QED) is 0.747. The zero-order valence-corrected chi connectivity index (χ0v) is 8.13. The minimum Gasteiger partial charge on any atom is -0.373 e. The fraction of sp³-hybridized carbons (Fsp3) is 0.182. The molecule has 0 bridgehead atoms. The highest BCUT2D eigenvalue weighted by atomic mass is 19.1. The Balaban J connectivity index is 2.80. The van der Waals surface area contributed by atoms with Gasteiger partial charge < -0.3 is 5.32 Å². The Morgan fingerprint density at radius 3 is 2.86 bits per heavy atom. The van der Waals surface area contributed by atoms with Gasteiger partial charge in [-0.05, 0) is 24.6 Å². The molecule has 0 saturated heterocycles. The van der Waals surface area contributed by atoms with Gasteiger partial charge in [0.15, 0.2) is 0 Å². The third kappa shape index (κ3) is 1.31. The summed E-state index contributed by atoms with van der Waals surface area (Å²) in [5.74, 6) is 0.446. The molecule has 1 aromatic carbocycles. The fourth-order valence-electron chi connectivity index (χ4n) is 1.52. The largest absolute Gasteiger partial charge is 0.373 e. The summed E-state index contributed by atoms with van der Waals surface area (Å²) in [4.78, 5) is 4.21. The SMILES string of the molecule is CNc1nc2c(F)cccc2cc1C. The molecule has 0 atom stereocenters. The van der Waals surface area contributed by atoms with Gasteiger partial charge in [0, 0.05) is 12.4 Å². The number of halogens is 1. The lowest BCUT2D eigenvalue weighted by Gasteiger charge is -2.06. The molecule has 1 N–H and O–H groups in total. The van der Waals surface area contributed by atoms with E-state index in [0.717, 1.165) is 16.8 Å². The maximum absolute atomic E-state index is 13.3. The number of fused-ring (bicyclic) bond motifs is 1. The zero-order chi connectivity index (χ0) is 10.1. The van der Waals surface area contributed by atoms with Gasteiger partial charge >= 0.3 is 0 Å². The first-order valence-corrected chi connectivity index (χ1v) is 4.46. The van der Waals surface area contributed by atoms with E-state index in [1.165, 1.54) is 6.07 Å². The molecule has 0 radical (unpaired) electrons. The van der Waals surface area contributed by atoms with Crippen molar-refractivity contribution in [2.75, 3.05) is 12.4 Å². The monoisotopic (exact) mass is 190 g/mol. The average Bonchev–Trinajstić information content (AvgIpc) is 2.17. The Morgan fingerprint density at radius 2 is 2.14 bits per heavy atom. The van der Waals surface area contributed by atoms with Crippen LogP contribution >= 0.6 is 0 Å². The Labute approximate surface area is 81.8 Å². The minimum absolute atomic E-state index is 0.279. The number of aromatic nitrogens is 1. The standard InChI is InChI=1S/C11H11FN2/c1-7-6-8-4-3-5-9(12)10(8)14-11(7)13-2/h3-6H,1-2H3,(H,13,14). The summed E-state index contributed by atoms with van der Waals surface area (Å²) in [5.41, 5.74) is 1.44. The van der Waals surface area contributed by atoms with Crippen LogP contribution in [0.5, 0.6) is 0 Å². The summed E-state index contributed by atoms with van der Waals surface area (Å²) in [7, 11) is 1.78. The molecule has 2 aromatic rings. The Bertz CT molecular complexity index is 480. The van der Waals surface area contributed by atoms with Gasteiger partial charge in [-0.25, -0.2) is 9.37 Å². The van der Waals surface area contributed by atoms with Gasteiger partial charge in [0.2, 0.25) is 0 Å². The van der Waals surface area contributed by atoms with Gasteiger partial charge in [-0.3, -0.25) is 0 Å². The molecule has 14 heavy (non-hydrogen) atoms. The number of aryl methyl sites for hydroxylation is 1. The molecule has 72 valence electrons. The average molecular weight is 190 g/mol. The van der Waals surface area contributed by atoms with Crippen molar-refractivity contribution in [3.05, 3.63) is 35.6 Å². The van der Waals surface area contributed by atoms with E-state index in [-0.39, 0.29) is 5.82 Å². The highest BCUT2D eigenvalue weighted by molar-refractivity contribution is 5.82. The van der Waals surface area contributed by atoms with Crippen molar-refractivity contribution < 1.29 is 4.39 Å². The summed E-state index contributed by atoms with van der Waals surface area (Å²) in [6.07, 6.45) is 0. The third-order valence-corrected chi connectivity index (χ3v) is 2.22. The molecule has 0 spiro atoms. The first kappa shape index (κ1) is 8.94. The first-order chi connectivity index (χ1) is 6.72. The van der Waals surface area contributed by atoms with E-state index in [1.54, 1.807) is 13.1 Å². The number of hydrogen-bond donors (Lipinski definition) is 1. The van der Waals surface area contributed by atoms with Gasteiger partial charge in [-0.2, -0.15) is 0 Å². The maximum Gasteiger partial charge on any atom is 0.149 e. The van der Waals surface area contributed by atoms with Crippen molar-refractivity contribution >= 4 is 16.7 Å². The van der Waals surface area contributed by atoms with Crippen LogP contribution in [-0.4, -0.2) is 12.0 Å². The Morgan fingerprint density at radius 1 is 1.36 bits per heavy atom. The van der Waals surface area contributed by atoms with Crippen LogP contribution in [0.15, 0.2) is 24.3 Å². The van der Waals surface area contributed by atoms with Crippen molar-refractivity contribution in [1.29, 1.82) is 0 Å². The van der Waals surface area contributed by atoms with Gasteiger partial charge in [0.1, 0.15) is 17.2 Å². The van der Waals surface area contributed by atoms with Crippen LogP contribution in [0.3, 0.4) is 0 Å². The third-order valence-electron chi connectivity index (χ3n) is 2.22. The van der Waals surface area contributed by atoms with Crippen LogP contribution in [0, 0.1) is 12.7 Å². The Kier molecular flexibility index (Phi) is 2.08. The molecular formula is C11H11FN2. The second-order valence-electron chi connectivity index (χ2n) is 3.22. The summed E-state index contributed by atoms with van der Waals surface area (Å²) in [6, 6.07) is 6.90. The predicted molar refractivity (Wildman–Crippen MR) is 56.0 cm³/mol. The first-order valence-electron chi connectivity index (χ1n) is 4.46. The van der Waals surface area contributed by atoms with Crippen molar-refractivity contribution in [2.24, 2.45) is 0 Å². The number of anilines is 1. The normalized spacial score (nSPS) is 10.5. The number of para-hydroxylation sites is 1. The van der Waals surface area contributed by atoms with Crippen LogP contribution in [0.25, 0.3) is 10.9 Å². The molecular weight excluding hydrogens is 179 g/mol. The number of benzene rings is 1. The van der Waals surface area contributed by atoms with Crippen LogP contribution in [0.4, 0.5) is 10.2 Å². The molecule has 0 fully saturated rings. The number of nitrogens with one attached hydrogen (secondary N) is 1. The number of pyridine rings is 1. The predicted octanol–water partition coefficient (Wildman–Crippen LogP) is 2.72. The van der Waals surface area contributed by atoms with E-state index in [2.05, 4.69) is 10.3 Å². The van der Waals surface area contributed by atoms with Crippen molar-refractivity contribution in [3.8, 4) is 0 Å². The second kappa shape index (κ2) is 3.25. The highest BCUT2D eigenvalue weighted by Gasteiger charge is 2.04. The number of rotatable bonds is 1. The lowest BCUT2D eigenvalue weighted by molar-refractivity contribution is 0.637. The van der Waals surface area contributed by atoms with E-state index in [9.17, 15) is 4.39 Å². The molecule has 3 heteroatoms. The summed E-state index contributed by atoms with van der Waals surface area (Å²) >= 11 is 0. The van der Waals surface area contributed by atoms with E-state index in [0.29, 0.717) is 5.52 Å². The fourth-order valence-corrected chi connectivity index (χ4v) is 1.52. The lowest BCUT2D eigenvalue weighted by atomic mass is 10.1. The topological polar surface area (TPSA) is 24.9 Å². The van der Waals surface area contributed by atoms with Crippen molar-refractivity contribution in [3.63, 3.8) is 0 Å². The summed E-state index contributed by atoms with van der Waals surface area (Å²) < 4.78 is 13.3. The molecule has 0 aliphatic rings. The highest BCUT2D eigenvalue weighted by Crippen LogP contribution is 2.21. The number of nitrogens with zero attached hydrogens (tertiary/aromatic N) is 1. The van der Waals surface area contributed by atoms with Crippen LogP contribution in [0.1, 0.15) is 5.56 Å². The molecule has 2 nitrogen and oxygen atoms in total. The molecule has 0 amide bonds. The van der Waals surface area contributed by atoms with Crippen molar-refractivity contribution in [2.45, 2.75) is 6.92 Å². The van der Waals surface area contributed by atoms with Gasteiger partial charge in [-0.1, -0.05) is 12.1 Å². The second-order valence-corrected chi connectivity index (χ2v) is 3.22. The van der Waals surface area contributed by atoms with E-state index in [4.69, 9.17) is 0 Å². The lowest BCUT2D eigenvalue weighted by Crippen LogP contribution is -1.96.